The van der Waals surface area contributed by atoms with Crippen LogP contribution in [0.25, 0.3) is 22.3 Å². The molecule has 0 bridgehead atoms. The molecule has 0 radical (unpaired) electrons. The summed E-state index contributed by atoms with van der Waals surface area (Å²) < 4.78 is 6.03. The van der Waals surface area contributed by atoms with E-state index < -0.39 is 0 Å². The summed E-state index contributed by atoms with van der Waals surface area (Å²) in [5.74, 6) is 1.62. The van der Waals surface area contributed by atoms with Crippen LogP contribution in [0.4, 0.5) is 5.82 Å². The van der Waals surface area contributed by atoms with Crippen LogP contribution in [0.15, 0.2) is 47.5 Å². The van der Waals surface area contributed by atoms with Crippen molar-refractivity contribution in [3.63, 3.8) is 0 Å². The zero-order chi connectivity index (χ0) is 22.1. The molecule has 2 N–H and O–H groups in total. The molecule has 7 heteroatoms. The van der Waals surface area contributed by atoms with Crippen LogP contribution in [0.2, 0.25) is 0 Å². The number of hydrogen-bond donors (Lipinski definition) is 2. The summed E-state index contributed by atoms with van der Waals surface area (Å²) in [5.41, 5.74) is 4.76. The van der Waals surface area contributed by atoms with Gasteiger partial charge in [0.05, 0.1) is 0 Å². The highest BCUT2D eigenvalue weighted by molar-refractivity contribution is 5.78. The van der Waals surface area contributed by atoms with E-state index in [4.69, 9.17) is 9.72 Å². The molecule has 0 spiro atoms. The quantitative estimate of drug-likeness (QED) is 0.619. The summed E-state index contributed by atoms with van der Waals surface area (Å²) in [6.07, 6.45) is 8.16. The number of hydrogen-bond acceptors (Lipinski definition) is 6. The second kappa shape index (κ2) is 8.74. The van der Waals surface area contributed by atoms with Crippen molar-refractivity contribution in [3.8, 4) is 28.1 Å². The van der Waals surface area contributed by atoms with Crippen molar-refractivity contribution in [1.29, 1.82) is 0 Å². The molecule has 2 aliphatic rings. The summed E-state index contributed by atoms with van der Waals surface area (Å²) in [6, 6.07) is 11.7. The molecular weight excluding hydrogens is 402 g/mol. The van der Waals surface area contributed by atoms with Crippen molar-refractivity contribution in [2.75, 3.05) is 18.5 Å². The molecule has 2 atom stereocenters. The van der Waals surface area contributed by atoms with Gasteiger partial charge in [-0.2, -0.15) is 4.98 Å². The number of benzene rings is 1. The second-order valence-corrected chi connectivity index (χ2v) is 8.75. The first kappa shape index (κ1) is 20.7. The third kappa shape index (κ3) is 4.12. The Hall–Kier alpha value is -3.19. The largest absolute Gasteiger partial charge is 0.472 e. The van der Waals surface area contributed by atoms with Gasteiger partial charge in [0.2, 0.25) is 5.88 Å². The smallest absolute Gasteiger partial charge is 0.344 e. The average Bonchev–Trinajstić information content (AvgIpc) is 3.30. The Morgan fingerprint density at radius 3 is 2.75 bits per heavy atom. The Balaban J connectivity index is 1.31. The predicted octanol–water partition coefficient (Wildman–Crippen LogP) is 3.75. The van der Waals surface area contributed by atoms with E-state index in [0.29, 0.717) is 24.6 Å². The fourth-order valence-electron chi connectivity index (χ4n) is 4.68. The lowest BCUT2D eigenvalue weighted by atomic mass is 9.95. The van der Waals surface area contributed by atoms with E-state index in [1.54, 1.807) is 12.4 Å². The van der Waals surface area contributed by atoms with Gasteiger partial charge >= 0.3 is 5.69 Å². The van der Waals surface area contributed by atoms with Crippen molar-refractivity contribution in [1.82, 2.24) is 20.3 Å². The Morgan fingerprint density at radius 1 is 1.12 bits per heavy atom. The molecule has 2 aromatic heterocycles. The summed E-state index contributed by atoms with van der Waals surface area (Å²) >= 11 is 0. The number of fused-ring (bicyclic) bond motifs is 3. The summed E-state index contributed by atoms with van der Waals surface area (Å²) in [5, 5.41) is 3.73. The molecule has 2 aliphatic heterocycles. The van der Waals surface area contributed by atoms with Crippen LogP contribution in [0.3, 0.4) is 0 Å². The third-order valence-electron chi connectivity index (χ3n) is 6.64. The molecule has 1 saturated heterocycles. The maximum atomic E-state index is 11.2. The van der Waals surface area contributed by atoms with Crippen LogP contribution >= 0.6 is 0 Å². The molecule has 4 heterocycles. The van der Waals surface area contributed by atoms with E-state index in [9.17, 15) is 4.79 Å². The molecule has 32 heavy (non-hydrogen) atoms. The van der Waals surface area contributed by atoms with Gasteiger partial charge in [-0.05, 0) is 60.6 Å². The van der Waals surface area contributed by atoms with E-state index in [2.05, 4.69) is 58.4 Å². The van der Waals surface area contributed by atoms with Crippen LogP contribution < -0.4 is 20.6 Å². The normalized spacial score (nSPS) is 19.2. The lowest BCUT2D eigenvalue weighted by molar-refractivity contribution is 0.290. The number of pyridine rings is 1. The lowest BCUT2D eigenvalue weighted by Gasteiger charge is -2.25. The standard InChI is InChI=1S/C25H29N5O2/c1-3-19-5-6-20(28-19)10-11-30(2)23-9-8-22-21-7-4-16(18-13-26-25(31)27-14-18)12-17(21)15-32-24(22)29-23/h4,7-9,12-14,19-20,28H,3,5-6,10-11,15H2,1-2H3,(H,26,27,31). The van der Waals surface area contributed by atoms with Gasteiger partial charge in [0.25, 0.3) is 0 Å². The van der Waals surface area contributed by atoms with Gasteiger partial charge in [-0.15, -0.1) is 0 Å². The molecular formula is C25H29N5O2. The molecule has 0 amide bonds. The van der Waals surface area contributed by atoms with E-state index in [0.717, 1.165) is 46.6 Å². The minimum Gasteiger partial charge on any atom is -0.472 e. The first-order valence-electron chi connectivity index (χ1n) is 11.4. The van der Waals surface area contributed by atoms with Gasteiger partial charge in [-0.3, -0.25) is 0 Å². The Kier molecular flexibility index (Phi) is 5.66. The number of nitrogens with one attached hydrogen (secondary N) is 2. The fraction of sp³-hybridized carbons (Fsp3) is 0.400. The first-order chi connectivity index (χ1) is 15.6. The molecule has 166 valence electrons. The molecule has 5 rings (SSSR count). The topological polar surface area (TPSA) is 83.1 Å². The van der Waals surface area contributed by atoms with E-state index >= 15 is 0 Å². The summed E-state index contributed by atoms with van der Waals surface area (Å²) in [4.78, 5) is 24.7. The second-order valence-electron chi connectivity index (χ2n) is 8.75. The van der Waals surface area contributed by atoms with Crippen molar-refractivity contribution >= 4 is 5.82 Å². The Bertz CT molecular complexity index is 1150. The summed E-state index contributed by atoms with van der Waals surface area (Å²) in [7, 11) is 2.10. The Labute approximate surface area is 187 Å². The van der Waals surface area contributed by atoms with Crippen molar-refractivity contribution in [2.45, 2.75) is 51.3 Å². The van der Waals surface area contributed by atoms with Gasteiger partial charge in [0.15, 0.2) is 0 Å². The van der Waals surface area contributed by atoms with Gasteiger partial charge < -0.3 is 19.9 Å². The summed E-state index contributed by atoms with van der Waals surface area (Å²) in [6.45, 7) is 3.69. The molecule has 0 saturated carbocycles. The predicted molar refractivity (Wildman–Crippen MR) is 126 cm³/mol. The number of H-pyrrole nitrogens is 1. The molecule has 1 fully saturated rings. The van der Waals surface area contributed by atoms with Gasteiger partial charge in [0.1, 0.15) is 12.4 Å². The molecule has 2 unspecified atom stereocenters. The molecule has 1 aromatic carbocycles. The van der Waals surface area contributed by atoms with Crippen LogP contribution in [0.5, 0.6) is 5.88 Å². The van der Waals surface area contributed by atoms with E-state index in [1.165, 1.54) is 19.3 Å². The molecule has 3 aromatic rings. The minimum atomic E-state index is -0.347. The molecule has 0 aliphatic carbocycles. The van der Waals surface area contributed by atoms with Crippen molar-refractivity contribution in [2.24, 2.45) is 0 Å². The SMILES string of the molecule is CCC1CCC(CCN(C)c2ccc3c(n2)OCc2cc(-c4cnc(=O)[nH]c4)ccc2-3)N1. The lowest BCUT2D eigenvalue weighted by Crippen LogP contribution is -2.32. The fourth-order valence-corrected chi connectivity index (χ4v) is 4.68. The first-order valence-corrected chi connectivity index (χ1v) is 11.4. The maximum Gasteiger partial charge on any atom is 0.344 e. The van der Waals surface area contributed by atoms with Crippen LogP contribution in [0, 0.1) is 0 Å². The number of aromatic amines is 1. The van der Waals surface area contributed by atoms with Crippen LogP contribution in [-0.4, -0.2) is 40.6 Å². The van der Waals surface area contributed by atoms with Crippen LogP contribution in [-0.2, 0) is 6.61 Å². The Morgan fingerprint density at radius 2 is 1.97 bits per heavy atom. The highest BCUT2D eigenvalue weighted by Gasteiger charge is 2.23. The third-order valence-corrected chi connectivity index (χ3v) is 6.64. The monoisotopic (exact) mass is 431 g/mol. The van der Waals surface area contributed by atoms with Crippen molar-refractivity contribution < 1.29 is 4.74 Å². The van der Waals surface area contributed by atoms with Crippen molar-refractivity contribution in [3.05, 3.63) is 58.8 Å². The minimum absolute atomic E-state index is 0.347. The van der Waals surface area contributed by atoms with E-state index in [-0.39, 0.29) is 5.69 Å². The average molecular weight is 432 g/mol. The highest BCUT2D eigenvalue weighted by atomic mass is 16.5. The zero-order valence-electron chi connectivity index (χ0n) is 18.6. The van der Waals surface area contributed by atoms with Gasteiger partial charge in [-0.25, -0.2) is 9.78 Å². The highest BCUT2D eigenvalue weighted by Crippen LogP contribution is 2.39. The van der Waals surface area contributed by atoms with Gasteiger partial charge in [-0.1, -0.05) is 19.1 Å². The van der Waals surface area contributed by atoms with E-state index in [1.807, 2.05) is 6.07 Å². The zero-order valence-corrected chi connectivity index (χ0v) is 18.6. The number of rotatable bonds is 6. The maximum absolute atomic E-state index is 11.2. The van der Waals surface area contributed by atoms with Gasteiger partial charge in [0, 0.05) is 49.2 Å². The molecule has 7 nitrogen and oxygen atoms in total. The number of nitrogens with zero attached hydrogens (tertiary/aromatic N) is 3. The number of anilines is 1. The van der Waals surface area contributed by atoms with Crippen LogP contribution in [0.1, 0.15) is 38.2 Å². The number of aromatic nitrogens is 3. The number of ether oxygens (including phenoxy) is 1.